The normalized spacial score (nSPS) is 16.4. The third-order valence-corrected chi connectivity index (χ3v) is 6.46. The number of pyridine rings is 1. The van der Waals surface area contributed by atoms with E-state index in [2.05, 4.69) is 17.3 Å². The van der Waals surface area contributed by atoms with Gasteiger partial charge < -0.3 is 20.3 Å². The zero-order valence-corrected chi connectivity index (χ0v) is 18.4. The molecule has 0 bridgehead atoms. The maximum Gasteiger partial charge on any atom is 0.317 e. The van der Waals surface area contributed by atoms with Crippen LogP contribution in [0, 0.1) is 5.21 Å². The number of hydrogen-bond donors (Lipinski definition) is 1. The van der Waals surface area contributed by atoms with Crippen LogP contribution < -0.4 is 10.0 Å². The zero-order valence-electron chi connectivity index (χ0n) is 16.9. The van der Waals surface area contributed by atoms with Crippen LogP contribution in [-0.4, -0.2) is 49.1 Å². The number of urea groups is 1. The Hall–Kier alpha value is -2.02. The molecule has 0 saturated carbocycles. The lowest BCUT2D eigenvalue weighted by molar-refractivity contribution is -0.604. The van der Waals surface area contributed by atoms with Crippen LogP contribution in [-0.2, 0) is 0 Å². The zero-order chi connectivity index (χ0) is 21.1. The maximum atomic E-state index is 12.7. The van der Waals surface area contributed by atoms with E-state index in [1.807, 2.05) is 26.1 Å². The number of aromatic nitrogens is 1. The fourth-order valence-electron chi connectivity index (χ4n) is 3.65. The molecule has 2 heterocycles. The van der Waals surface area contributed by atoms with Crippen LogP contribution in [0.4, 0.5) is 4.79 Å². The van der Waals surface area contributed by atoms with E-state index in [1.54, 1.807) is 17.0 Å². The number of benzene rings is 1. The van der Waals surface area contributed by atoms with Crippen molar-refractivity contribution in [3.8, 4) is 11.1 Å². The second-order valence-corrected chi connectivity index (χ2v) is 8.36. The topological polar surface area (TPSA) is 62.5 Å². The summed E-state index contributed by atoms with van der Waals surface area (Å²) in [5.74, 6) is 0. The SMILES string of the molecule is CC(NC(=O)N(C)C1CCN(C)CC1)c1ccc(-c2ccc[n+]([O-])c2)c(Cl)c1Cl. The Morgan fingerprint density at radius 2 is 1.97 bits per heavy atom. The summed E-state index contributed by atoms with van der Waals surface area (Å²) in [5.41, 5.74) is 2.09. The quantitative estimate of drug-likeness (QED) is 0.579. The molecule has 1 saturated heterocycles. The first-order chi connectivity index (χ1) is 13.8. The van der Waals surface area contributed by atoms with Crippen LogP contribution in [0.5, 0.6) is 0 Å². The number of carbonyl (C=O) groups is 1. The number of piperidine rings is 1. The highest BCUT2D eigenvalue weighted by molar-refractivity contribution is 6.44. The predicted octanol–water partition coefficient (Wildman–Crippen LogP) is 4.09. The largest absolute Gasteiger partial charge is 0.619 e. The Labute approximate surface area is 181 Å². The average molecular weight is 437 g/mol. The van der Waals surface area contributed by atoms with Crippen molar-refractivity contribution < 1.29 is 9.52 Å². The second-order valence-electron chi connectivity index (χ2n) is 7.60. The highest BCUT2D eigenvalue weighted by Gasteiger charge is 2.25. The molecule has 2 aromatic rings. The minimum atomic E-state index is -0.310. The molecule has 156 valence electrons. The fourth-order valence-corrected chi connectivity index (χ4v) is 4.26. The van der Waals surface area contributed by atoms with Gasteiger partial charge in [0.1, 0.15) is 0 Å². The molecule has 6 nitrogen and oxygen atoms in total. The summed E-state index contributed by atoms with van der Waals surface area (Å²) >= 11 is 13.0. The van der Waals surface area contributed by atoms with Crippen LogP contribution in [0.1, 0.15) is 31.4 Å². The van der Waals surface area contributed by atoms with E-state index in [4.69, 9.17) is 23.2 Å². The van der Waals surface area contributed by atoms with E-state index in [1.165, 1.54) is 12.4 Å². The molecule has 8 heteroatoms. The van der Waals surface area contributed by atoms with Gasteiger partial charge in [0.2, 0.25) is 0 Å². The smallest absolute Gasteiger partial charge is 0.317 e. The van der Waals surface area contributed by atoms with Gasteiger partial charge in [0.25, 0.3) is 0 Å². The molecule has 3 rings (SSSR count). The fraction of sp³-hybridized carbons (Fsp3) is 0.429. The molecular weight excluding hydrogens is 411 g/mol. The Morgan fingerprint density at radius 1 is 1.28 bits per heavy atom. The average Bonchev–Trinajstić information content (AvgIpc) is 2.69. The minimum absolute atomic E-state index is 0.126. The van der Waals surface area contributed by atoms with Gasteiger partial charge in [-0.05, 0) is 51.5 Å². The molecule has 1 unspecified atom stereocenters. The number of nitrogens with zero attached hydrogens (tertiary/aromatic N) is 3. The second kappa shape index (κ2) is 9.20. The van der Waals surface area contributed by atoms with Crippen molar-refractivity contribution in [2.45, 2.75) is 31.8 Å². The molecule has 1 aliphatic rings. The number of likely N-dealkylation sites (tertiary alicyclic amines) is 1. The molecule has 29 heavy (non-hydrogen) atoms. The van der Waals surface area contributed by atoms with Gasteiger partial charge in [0, 0.05) is 30.3 Å². The summed E-state index contributed by atoms with van der Waals surface area (Å²) in [6.07, 6.45) is 4.78. The molecule has 2 amide bonds. The van der Waals surface area contributed by atoms with Crippen molar-refractivity contribution in [1.29, 1.82) is 0 Å². The molecule has 0 aliphatic carbocycles. The lowest BCUT2D eigenvalue weighted by Crippen LogP contribution is -2.48. The van der Waals surface area contributed by atoms with E-state index >= 15 is 0 Å². The lowest BCUT2D eigenvalue weighted by atomic mass is 10.0. The summed E-state index contributed by atoms with van der Waals surface area (Å²) in [4.78, 5) is 16.8. The van der Waals surface area contributed by atoms with E-state index in [0.717, 1.165) is 36.2 Å². The highest BCUT2D eigenvalue weighted by atomic mass is 35.5. The lowest BCUT2D eigenvalue weighted by Gasteiger charge is -2.35. The number of nitrogens with one attached hydrogen (secondary N) is 1. The Kier molecular flexibility index (Phi) is 6.88. The number of carbonyl (C=O) groups excluding carboxylic acids is 1. The van der Waals surface area contributed by atoms with Crippen molar-refractivity contribution in [3.63, 3.8) is 0 Å². The Balaban J connectivity index is 1.73. The van der Waals surface area contributed by atoms with Crippen LogP contribution in [0.2, 0.25) is 10.0 Å². The number of hydrogen-bond acceptors (Lipinski definition) is 3. The van der Waals surface area contributed by atoms with Gasteiger partial charge in [0.05, 0.1) is 16.1 Å². The number of amides is 2. The first kappa shape index (κ1) is 21.7. The third-order valence-electron chi connectivity index (χ3n) is 5.56. The first-order valence-corrected chi connectivity index (χ1v) is 10.4. The first-order valence-electron chi connectivity index (χ1n) is 9.67. The highest BCUT2D eigenvalue weighted by Crippen LogP contribution is 2.37. The van der Waals surface area contributed by atoms with E-state index in [0.29, 0.717) is 21.2 Å². The summed E-state index contributed by atoms with van der Waals surface area (Å²) in [6.45, 7) is 3.86. The van der Waals surface area contributed by atoms with Crippen LogP contribution in [0.25, 0.3) is 11.1 Å². The molecule has 1 N–H and O–H groups in total. The number of rotatable bonds is 4. The molecule has 0 spiro atoms. The summed E-state index contributed by atoms with van der Waals surface area (Å²) in [6, 6.07) is 6.91. The van der Waals surface area contributed by atoms with Gasteiger partial charge in [-0.2, -0.15) is 4.73 Å². The monoisotopic (exact) mass is 436 g/mol. The van der Waals surface area contributed by atoms with Crippen molar-refractivity contribution in [2.75, 3.05) is 27.2 Å². The third kappa shape index (κ3) is 4.94. The predicted molar refractivity (Wildman–Crippen MR) is 116 cm³/mol. The van der Waals surface area contributed by atoms with Crippen molar-refractivity contribution in [2.24, 2.45) is 0 Å². The van der Waals surface area contributed by atoms with Gasteiger partial charge in [0.15, 0.2) is 12.4 Å². The summed E-state index contributed by atoms with van der Waals surface area (Å²) < 4.78 is 0.717. The molecule has 1 atom stereocenters. The van der Waals surface area contributed by atoms with Gasteiger partial charge in [-0.3, -0.25) is 0 Å². The maximum absolute atomic E-state index is 12.7. The van der Waals surface area contributed by atoms with E-state index in [-0.39, 0.29) is 18.1 Å². The Bertz CT molecular complexity index is 885. The molecule has 1 fully saturated rings. The molecular formula is C21H26Cl2N4O2. The summed E-state index contributed by atoms with van der Waals surface area (Å²) in [5, 5.41) is 15.3. The molecule has 0 radical (unpaired) electrons. The van der Waals surface area contributed by atoms with Crippen LogP contribution in [0.3, 0.4) is 0 Å². The van der Waals surface area contributed by atoms with E-state index in [9.17, 15) is 10.0 Å². The molecule has 1 aromatic heterocycles. The Morgan fingerprint density at radius 3 is 2.62 bits per heavy atom. The molecule has 1 aromatic carbocycles. The minimum Gasteiger partial charge on any atom is -0.619 e. The van der Waals surface area contributed by atoms with Crippen molar-refractivity contribution in [1.82, 2.24) is 15.1 Å². The van der Waals surface area contributed by atoms with Gasteiger partial charge in [-0.15, -0.1) is 0 Å². The standard InChI is InChI=1S/C21H26Cl2N4O2/c1-14(24-21(28)26(3)16-8-11-25(2)12-9-16)17-6-7-18(20(23)19(17)22)15-5-4-10-27(29)13-15/h4-7,10,13-14,16H,8-9,11-12H2,1-3H3,(H,24,28). The molecule has 1 aliphatic heterocycles. The van der Waals surface area contributed by atoms with Gasteiger partial charge in [-0.1, -0.05) is 35.3 Å². The van der Waals surface area contributed by atoms with Gasteiger partial charge >= 0.3 is 6.03 Å². The van der Waals surface area contributed by atoms with Crippen molar-refractivity contribution >= 4 is 29.2 Å². The summed E-state index contributed by atoms with van der Waals surface area (Å²) in [7, 11) is 3.93. The van der Waals surface area contributed by atoms with Gasteiger partial charge in [-0.25, -0.2) is 4.79 Å². The van der Waals surface area contributed by atoms with E-state index < -0.39 is 0 Å². The van der Waals surface area contributed by atoms with Crippen LogP contribution in [0.15, 0.2) is 36.7 Å². The van der Waals surface area contributed by atoms with Crippen LogP contribution >= 0.6 is 23.2 Å². The van der Waals surface area contributed by atoms with Crippen molar-refractivity contribution in [3.05, 3.63) is 57.5 Å². The number of halogens is 2.